The Hall–Kier alpha value is -2.62. The molecule has 0 spiro atoms. The summed E-state index contributed by atoms with van der Waals surface area (Å²) in [4.78, 5) is 54.7. The highest BCUT2D eigenvalue weighted by Crippen LogP contribution is 2.42. The molecule has 42 heavy (non-hydrogen) atoms. The van der Waals surface area contributed by atoms with Crippen LogP contribution >= 0.6 is 11.3 Å². The molecule has 2 atom stereocenters. The number of nitrogens with one attached hydrogen (secondary N) is 1. The van der Waals surface area contributed by atoms with Crippen molar-refractivity contribution >= 4 is 41.0 Å². The number of ether oxygens (including phenoxy) is 2. The van der Waals surface area contributed by atoms with Gasteiger partial charge in [0.15, 0.2) is 0 Å². The fourth-order valence-corrected chi connectivity index (χ4v) is 6.96. The van der Waals surface area contributed by atoms with Crippen molar-refractivity contribution in [2.45, 2.75) is 130 Å². The highest BCUT2D eigenvalue weighted by molar-refractivity contribution is 7.14. The molecule has 2 fully saturated rings. The van der Waals surface area contributed by atoms with Crippen molar-refractivity contribution in [3.8, 4) is 0 Å². The topological polar surface area (TPSA) is 122 Å². The van der Waals surface area contributed by atoms with Crippen LogP contribution in [-0.4, -0.2) is 53.8 Å². The van der Waals surface area contributed by atoms with Crippen LogP contribution in [0.4, 0.5) is 10.5 Å². The number of carbonyl (C=O) groups excluding carboxylic acids is 3. The highest BCUT2D eigenvalue weighted by Gasteiger charge is 2.39. The molecule has 2 aliphatic rings. The summed E-state index contributed by atoms with van der Waals surface area (Å²) >= 11 is 1.25. The number of esters is 1. The Balaban J connectivity index is 1.81. The lowest BCUT2D eigenvalue weighted by molar-refractivity contribution is -0.154. The van der Waals surface area contributed by atoms with Crippen molar-refractivity contribution in [3.05, 3.63) is 15.8 Å². The van der Waals surface area contributed by atoms with Crippen LogP contribution in [0.15, 0.2) is 6.07 Å². The van der Waals surface area contributed by atoms with Crippen LogP contribution in [0.3, 0.4) is 0 Å². The Morgan fingerprint density at radius 1 is 1.05 bits per heavy atom. The minimum Gasteiger partial charge on any atom is -0.477 e. The van der Waals surface area contributed by atoms with Crippen LogP contribution in [0.1, 0.15) is 121 Å². The number of hydrogen-bond acceptors (Lipinski definition) is 7. The van der Waals surface area contributed by atoms with Crippen molar-refractivity contribution < 1.29 is 33.8 Å². The van der Waals surface area contributed by atoms with Gasteiger partial charge in [-0.15, -0.1) is 11.3 Å². The van der Waals surface area contributed by atoms with E-state index in [9.17, 15) is 24.3 Å². The van der Waals surface area contributed by atoms with Gasteiger partial charge in [0.25, 0.3) is 0 Å². The van der Waals surface area contributed by atoms with Gasteiger partial charge in [-0.3, -0.25) is 4.79 Å². The average Bonchev–Trinajstić information content (AvgIpc) is 3.39. The third kappa shape index (κ3) is 8.48. The molecule has 0 radical (unpaired) electrons. The summed E-state index contributed by atoms with van der Waals surface area (Å²) in [6.45, 7) is 14.1. The lowest BCUT2D eigenvalue weighted by Gasteiger charge is -2.39. The number of carboxylic acids is 1. The van der Waals surface area contributed by atoms with Gasteiger partial charge in [0.2, 0.25) is 5.91 Å². The Labute approximate surface area is 254 Å². The zero-order chi connectivity index (χ0) is 31.2. The molecule has 10 heteroatoms. The Bertz CT molecular complexity index is 1090. The number of alkyl carbamates (subject to hydrolysis) is 1. The molecular formula is C32H50N2O7S. The standard InChI is InChI=1S/C32H50N2O7S/c1-8-20(4)26(33-31(39)40-9-2)30(38)41-23-16-14-22(15-17-23)34(28(35)21-12-10-19(3)11-13-21)24-18-25(32(5,6)7)42-27(24)29(36)37/h18-23,26H,8-17H2,1-7H3,(H,33,39)(H,36,37)/t19?,20-,21?,22?,23?,26-/m1/s1. The molecule has 0 aromatic carbocycles. The molecule has 2 amide bonds. The molecule has 0 bridgehead atoms. The number of aromatic carboxylic acids is 1. The number of thiophene rings is 1. The smallest absolute Gasteiger partial charge is 0.407 e. The van der Waals surface area contributed by atoms with Gasteiger partial charge in [0.1, 0.15) is 17.0 Å². The number of carbonyl (C=O) groups is 4. The molecule has 236 valence electrons. The van der Waals surface area contributed by atoms with E-state index in [0.717, 1.165) is 30.6 Å². The molecule has 9 nitrogen and oxygen atoms in total. The lowest BCUT2D eigenvalue weighted by Crippen LogP contribution is -2.49. The Morgan fingerprint density at radius 2 is 1.67 bits per heavy atom. The summed E-state index contributed by atoms with van der Waals surface area (Å²) in [5, 5.41) is 12.8. The van der Waals surface area contributed by atoms with E-state index >= 15 is 0 Å². The second-order valence-electron chi connectivity index (χ2n) is 13.1. The van der Waals surface area contributed by atoms with E-state index in [-0.39, 0.29) is 46.8 Å². The predicted octanol–water partition coefficient (Wildman–Crippen LogP) is 6.92. The minimum atomic E-state index is -1.02. The van der Waals surface area contributed by atoms with Gasteiger partial charge in [-0.05, 0) is 81.6 Å². The Morgan fingerprint density at radius 3 is 2.19 bits per heavy atom. The lowest BCUT2D eigenvalue weighted by atomic mass is 9.81. The summed E-state index contributed by atoms with van der Waals surface area (Å²) in [5.41, 5.74) is 0.245. The van der Waals surface area contributed by atoms with Crippen LogP contribution in [0, 0.1) is 17.8 Å². The number of hydrogen-bond donors (Lipinski definition) is 2. The van der Waals surface area contributed by atoms with E-state index < -0.39 is 24.1 Å². The summed E-state index contributed by atoms with van der Waals surface area (Å²) in [7, 11) is 0. The molecule has 2 N–H and O–H groups in total. The zero-order valence-corrected chi connectivity index (χ0v) is 27.2. The molecule has 0 unspecified atom stereocenters. The normalized spacial score (nSPS) is 24.3. The van der Waals surface area contributed by atoms with E-state index in [2.05, 4.69) is 12.2 Å². The number of anilines is 1. The first-order valence-electron chi connectivity index (χ1n) is 15.6. The van der Waals surface area contributed by atoms with E-state index in [1.54, 1.807) is 11.8 Å². The van der Waals surface area contributed by atoms with E-state index in [1.165, 1.54) is 11.3 Å². The first kappa shape index (κ1) is 33.9. The fraction of sp³-hybridized carbons (Fsp3) is 0.750. The first-order chi connectivity index (χ1) is 19.8. The van der Waals surface area contributed by atoms with Gasteiger partial charge in [-0.1, -0.05) is 48.0 Å². The van der Waals surface area contributed by atoms with Crippen LogP contribution in [0.5, 0.6) is 0 Å². The SMILES string of the molecule is CCOC(=O)N[C@@H](C(=O)OC1CCC(N(C(=O)C2CCC(C)CC2)c2cc(C(C)(C)C)sc2C(=O)O)CC1)[C@H](C)CC. The van der Waals surface area contributed by atoms with Crippen molar-refractivity contribution in [1.29, 1.82) is 0 Å². The van der Waals surface area contributed by atoms with Crippen molar-refractivity contribution in [3.63, 3.8) is 0 Å². The number of carboxylic acid groups (broad SMARTS) is 1. The minimum absolute atomic E-state index is 0.0126. The van der Waals surface area contributed by atoms with E-state index in [0.29, 0.717) is 43.7 Å². The summed E-state index contributed by atoms with van der Waals surface area (Å²) in [5.74, 6) is -1.15. The maximum atomic E-state index is 14.2. The zero-order valence-electron chi connectivity index (χ0n) is 26.4. The third-order valence-electron chi connectivity index (χ3n) is 8.82. The largest absolute Gasteiger partial charge is 0.477 e. The first-order valence-corrected chi connectivity index (χ1v) is 16.4. The predicted molar refractivity (Wildman–Crippen MR) is 164 cm³/mol. The molecule has 1 aromatic heterocycles. The second kappa shape index (κ2) is 14.7. The molecule has 2 aliphatic carbocycles. The number of rotatable bonds is 10. The van der Waals surface area contributed by atoms with Crippen molar-refractivity contribution in [2.24, 2.45) is 17.8 Å². The second-order valence-corrected chi connectivity index (χ2v) is 14.2. The van der Waals surface area contributed by atoms with Gasteiger partial charge >= 0.3 is 18.0 Å². The molecule has 0 saturated heterocycles. The van der Waals surface area contributed by atoms with Crippen LogP contribution in [0.2, 0.25) is 0 Å². The Kier molecular flexibility index (Phi) is 11.9. The van der Waals surface area contributed by atoms with E-state index in [4.69, 9.17) is 9.47 Å². The highest BCUT2D eigenvalue weighted by atomic mass is 32.1. The van der Waals surface area contributed by atoms with Crippen molar-refractivity contribution in [1.82, 2.24) is 5.32 Å². The fourth-order valence-electron chi connectivity index (χ4n) is 5.91. The average molecular weight is 607 g/mol. The van der Waals surface area contributed by atoms with Crippen LogP contribution < -0.4 is 10.2 Å². The monoisotopic (exact) mass is 606 g/mol. The number of amides is 2. The number of nitrogens with zero attached hydrogens (tertiary/aromatic N) is 1. The molecule has 0 aliphatic heterocycles. The molecule has 3 rings (SSSR count). The van der Waals surface area contributed by atoms with Gasteiger partial charge in [0, 0.05) is 16.8 Å². The molecular weight excluding hydrogens is 556 g/mol. The van der Waals surface area contributed by atoms with Crippen LogP contribution in [0.25, 0.3) is 0 Å². The van der Waals surface area contributed by atoms with Crippen molar-refractivity contribution in [2.75, 3.05) is 11.5 Å². The third-order valence-corrected chi connectivity index (χ3v) is 10.4. The van der Waals surface area contributed by atoms with Gasteiger partial charge in [0.05, 0.1) is 12.3 Å². The molecule has 2 saturated carbocycles. The maximum Gasteiger partial charge on any atom is 0.407 e. The molecule has 1 aromatic rings. The van der Waals surface area contributed by atoms with Gasteiger partial charge < -0.3 is 24.8 Å². The summed E-state index contributed by atoms with van der Waals surface area (Å²) < 4.78 is 10.9. The van der Waals surface area contributed by atoms with E-state index in [1.807, 2.05) is 40.7 Å². The van der Waals surface area contributed by atoms with Crippen LogP contribution in [-0.2, 0) is 24.5 Å². The van der Waals surface area contributed by atoms with Gasteiger partial charge in [-0.25, -0.2) is 14.4 Å². The summed E-state index contributed by atoms with van der Waals surface area (Å²) in [6, 6.07) is 0.912. The summed E-state index contributed by atoms with van der Waals surface area (Å²) in [6.07, 6.45) is 5.58. The quantitative estimate of drug-likeness (QED) is 0.277. The molecule has 1 heterocycles. The van der Waals surface area contributed by atoms with Gasteiger partial charge in [-0.2, -0.15) is 0 Å². The maximum absolute atomic E-state index is 14.2.